The molecule has 1 heterocycles. The Labute approximate surface area is 127 Å². The van der Waals surface area contributed by atoms with Crippen LogP contribution in [0.5, 0.6) is 5.75 Å². The summed E-state index contributed by atoms with van der Waals surface area (Å²) in [5.41, 5.74) is 4.02. The SMILES string of the molecule is CCCCN1c2c(OC)cc(C=O)cc2C(C)=CC1(C)C. The normalized spacial score (nSPS) is 16.2. The molecule has 1 aromatic rings. The average molecular weight is 287 g/mol. The van der Waals surface area contributed by atoms with Gasteiger partial charge in [-0.15, -0.1) is 0 Å². The summed E-state index contributed by atoms with van der Waals surface area (Å²) in [5.74, 6) is 0.784. The standard InChI is InChI=1S/C18H25NO2/c1-6-7-8-19-17-15(13(2)11-18(19,3)4)9-14(12-20)10-16(17)21-5/h9-12H,6-8H2,1-5H3. The first kappa shape index (κ1) is 15.6. The maximum atomic E-state index is 11.2. The molecule has 0 saturated carbocycles. The molecule has 0 aromatic heterocycles. The lowest BCUT2D eigenvalue weighted by atomic mass is 9.87. The van der Waals surface area contributed by atoms with Crippen molar-refractivity contribution in [1.82, 2.24) is 0 Å². The van der Waals surface area contributed by atoms with Crippen LogP contribution >= 0.6 is 0 Å². The van der Waals surface area contributed by atoms with Crippen molar-refractivity contribution in [3.63, 3.8) is 0 Å². The molecule has 1 aromatic carbocycles. The Morgan fingerprint density at radius 2 is 2.05 bits per heavy atom. The lowest BCUT2D eigenvalue weighted by Crippen LogP contribution is -2.45. The monoisotopic (exact) mass is 287 g/mol. The smallest absolute Gasteiger partial charge is 0.150 e. The summed E-state index contributed by atoms with van der Waals surface area (Å²) >= 11 is 0. The molecule has 0 unspecified atom stereocenters. The van der Waals surface area contributed by atoms with Gasteiger partial charge in [-0.2, -0.15) is 0 Å². The molecular weight excluding hydrogens is 262 g/mol. The van der Waals surface area contributed by atoms with Crippen molar-refractivity contribution < 1.29 is 9.53 Å². The first-order valence-corrected chi connectivity index (χ1v) is 7.59. The van der Waals surface area contributed by atoms with E-state index in [1.807, 2.05) is 12.1 Å². The van der Waals surface area contributed by atoms with Gasteiger partial charge in [0.05, 0.1) is 18.3 Å². The molecule has 0 N–H and O–H groups in total. The minimum atomic E-state index is -0.0533. The maximum Gasteiger partial charge on any atom is 0.150 e. The summed E-state index contributed by atoms with van der Waals surface area (Å²) in [6, 6.07) is 3.80. The Morgan fingerprint density at radius 3 is 2.62 bits per heavy atom. The second-order valence-corrected chi connectivity index (χ2v) is 6.22. The van der Waals surface area contributed by atoms with Crippen molar-refractivity contribution >= 4 is 17.5 Å². The molecule has 0 bridgehead atoms. The van der Waals surface area contributed by atoms with Crippen LogP contribution in [0.1, 0.15) is 56.5 Å². The van der Waals surface area contributed by atoms with E-state index in [4.69, 9.17) is 4.74 Å². The third kappa shape index (κ3) is 2.82. The lowest BCUT2D eigenvalue weighted by molar-refractivity contribution is 0.112. The van der Waals surface area contributed by atoms with E-state index in [9.17, 15) is 4.79 Å². The summed E-state index contributed by atoms with van der Waals surface area (Å²) in [6.45, 7) is 9.73. The van der Waals surface area contributed by atoms with Gasteiger partial charge in [-0.1, -0.05) is 19.4 Å². The molecule has 114 valence electrons. The fraction of sp³-hybridized carbons (Fsp3) is 0.500. The van der Waals surface area contributed by atoms with Gasteiger partial charge in [0.15, 0.2) is 0 Å². The number of allylic oxidation sites excluding steroid dienone is 1. The predicted molar refractivity (Wildman–Crippen MR) is 88.4 cm³/mol. The van der Waals surface area contributed by atoms with Gasteiger partial charge in [0.2, 0.25) is 0 Å². The Balaban J connectivity index is 2.64. The third-order valence-corrected chi connectivity index (χ3v) is 4.15. The number of aldehydes is 1. The number of carbonyl (C=O) groups excluding carboxylic acids is 1. The molecule has 1 aliphatic heterocycles. The number of unbranched alkanes of at least 4 members (excludes halogenated alkanes) is 1. The Morgan fingerprint density at radius 1 is 1.33 bits per heavy atom. The fourth-order valence-corrected chi connectivity index (χ4v) is 3.12. The van der Waals surface area contributed by atoms with Crippen LogP contribution in [0.2, 0.25) is 0 Å². The molecule has 0 radical (unpaired) electrons. The number of carbonyl (C=O) groups is 1. The van der Waals surface area contributed by atoms with Crippen molar-refractivity contribution in [2.45, 2.75) is 46.1 Å². The van der Waals surface area contributed by atoms with Gasteiger partial charge in [0.25, 0.3) is 0 Å². The zero-order chi connectivity index (χ0) is 15.6. The summed E-state index contributed by atoms with van der Waals surface area (Å²) < 4.78 is 5.58. The lowest BCUT2D eigenvalue weighted by Gasteiger charge is -2.44. The van der Waals surface area contributed by atoms with Gasteiger partial charge in [-0.25, -0.2) is 0 Å². The van der Waals surface area contributed by atoms with E-state index in [0.29, 0.717) is 5.56 Å². The minimum Gasteiger partial charge on any atom is -0.495 e. The summed E-state index contributed by atoms with van der Waals surface area (Å²) in [5, 5.41) is 0. The van der Waals surface area contributed by atoms with Crippen LogP contribution in [0.25, 0.3) is 5.57 Å². The average Bonchev–Trinajstić information content (AvgIpc) is 2.45. The number of rotatable bonds is 5. The van der Waals surface area contributed by atoms with Gasteiger partial charge < -0.3 is 9.64 Å². The van der Waals surface area contributed by atoms with Crippen LogP contribution in [0.4, 0.5) is 5.69 Å². The molecule has 0 amide bonds. The topological polar surface area (TPSA) is 29.5 Å². The number of benzene rings is 1. The number of hydrogen-bond acceptors (Lipinski definition) is 3. The second-order valence-electron chi connectivity index (χ2n) is 6.22. The predicted octanol–water partition coefficient (Wildman–Crippen LogP) is 4.31. The molecule has 0 saturated heterocycles. The molecule has 0 fully saturated rings. The van der Waals surface area contributed by atoms with E-state index >= 15 is 0 Å². The van der Waals surface area contributed by atoms with Crippen molar-refractivity contribution in [2.75, 3.05) is 18.6 Å². The Hall–Kier alpha value is -1.77. The number of methoxy groups -OCH3 is 1. The number of anilines is 1. The van der Waals surface area contributed by atoms with Crippen molar-refractivity contribution in [2.24, 2.45) is 0 Å². The Bertz CT molecular complexity index is 573. The zero-order valence-corrected chi connectivity index (χ0v) is 13.7. The summed E-state index contributed by atoms with van der Waals surface area (Å²) in [7, 11) is 1.67. The van der Waals surface area contributed by atoms with Crippen LogP contribution < -0.4 is 9.64 Å². The van der Waals surface area contributed by atoms with Gasteiger partial charge in [-0.3, -0.25) is 4.79 Å². The van der Waals surface area contributed by atoms with E-state index in [2.05, 4.69) is 38.7 Å². The van der Waals surface area contributed by atoms with Crippen molar-refractivity contribution in [1.29, 1.82) is 0 Å². The molecule has 2 rings (SSSR count). The van der Waals surface area contributed by atoms with E-state index in [0.717, 1.165) is 42.7 Å². The summed E-state index contributed by atoms with van der Waals surface area (Å²) in [6.07, 6.45) is 5.44. The molecule has 21 heavy (non-hydrogen) atoms. The highest BCUT2D eigenvalue weighted by Crippen LogP contribution is 2.45. The van der Waals surface area contributed by atoms with Crippen molar-refractivity contribution in [3.8, 4) is 5.75 Å². The first-order valence-electron chi connectivity index (χ1n) is 7.59. The maximum absolute atomic E-state index is 11.2. The molecular formula is C18H25NO2. The third-order valence-electron chi connectivity index (χ3n) is 4.15. The van der Waals surface area contributed by atoms with E-state index in [1.165, 1.54) is 5.57 Å². The van der Waals surface area contributed by atoms with Crippen LogP contribution in [-0.4, -0.2) is 25.5 Å². The number of fused-ring (bicyclic) bond motifs is 1. The quantitative estimate of drug-likeness (QED) is 0.756. The van der Waals surface area contributed by atoms with Crippen LogP contribution in [0.15, 0.2) is 18.2 Å². The second kappa shape index (κ2) is 5.92. The number of nitrogens with zero attached hydrogens (tertiary/aromatic N) is 1. The number of ether oxygens (including phenoxy) is 1. The Kier molecular flexibility index (Phi) is 4.40. The molecule has 0 aliphatic carbocycles. The van der Waals surface area contributed by atoms with E-state index in [-0.39, 0.29) is 5.54 Å². The van der Waals surface area contributed by atoms with Gasteiger partial charge in [-0.05, 0) is 44.9 Å². The van der Waals surface area contributed by atoms with Crippen LogP contribution in [0, 0.1) is 0 Å². The fourth-order valence-electron chi connectivity index (χ4n) is 3.12. The van der Waals surface area contributed by atoms with Gasteiger partial charge in [0.1, 0.15) is 12.0 Å². The zero-order valence-electron chi connectivity index (χ0n) is 13.7. The number of hydrogen-bond donors (Lipinski definition) is 0. The highest BCUT2D eigenvalue weighted by molar-refractivity contribution is 5.89. The van der Waals surface area contributed by atoms with Gasteiger partial charge >= 0.3 is 0 Å². The van der Waals surface area contributed by atoms with E-state index < -0.39 is 0 Å². The van der Waals surface area contributed by atoms with E-state index in [1.54, 1.807) is 7.11 Å². The molecule has 3 heteroatoms. The van der Waals surface area contributed by atoms with Crippen LogP contribution in [0.3, 0.4) is 0 Å². The molecule has 0 atom stereocenters. The highest BCUT2D eigenvalue weighted by Gasteiger charge is 2.33. The highest BCUT2D eigenvalue weighted by atomic mass is 16.5. The molecule has 0 spiro atoms. The van der Waals surface area contributed by atoms with Gasteiger partial charge in [0, 0.05) is 17.7 Å². The largest absolute Gasteiger partial charge is 0.495 e. The summed E-state index contributed by atoms with van der Waals surface area (Å²) in [4.78, 5) is 13.6. The first-order chi connectivity index (χ1) is 9.94. The molecule has 3 nitrogen and oxygen atoms in total. The minimum absolute atomic E-state index is 0.0533. The van der Waals surface area contributed by atoms with Crippen LogP contribution in [-0.2, 0) is 0 Å². The van der Waals surface area contributed by atoms with Crippen molar-refractivity contribution in [3.05, 3.63) is 29.3 Å². The molecule has 1 aliphatic rings.